The molecule has 1 atom stereocenters. The van der Waals surface area contributed by atoms with Gasteiger partial charge in [-0.15, -0.1) is 0 Å². The second kappa shape index (κ2) is 7.45. The van der Waals surface area contributed by atoms with Gasteiger partial charge in [0.05, 0.1) is 13.2 Å². The van der Waals surface area contributed by atoms with Gasteiger partial charge in [0.25, 0.3) is 5.91 Å². The Morgan fingerprint density at radius 3 is 2.63 bits per heavy atom. The molecule has 1 aromatic heterocycles. The highest BCUT2D eigenvalue weighted by Crippen LogP contribution is 2.34. The van der Waals surface area contributed by atoms with E-state index in [1.165, 1.54) is 0 Å². The van der Waals surface area contributed by atoms with Gasteiger partial charge in [-0.05, 0) is 54.8 Å². The molecule has 2 aromatic carbocycles. The van der Waals surface area contributed by atoms with Crippen LogP contribution >= 0.6 is 11.6 Å². The summed E-state index contributed by atoms with van der Waals surface area (Å²) in [6.07, 6.45) is 1.89. The maximum absolute atomic E-state index is 13.0. The molecule has 0 saturated carbocycles. The van der Waals surface area contributed by atoms with Gasteiger partial charge < -0.3 is 14.2 Å². The summed E-state index contributed by atoms with van der Waals surface area (Å²) < 4.78 is 10.6. The summed E-state index contributed by atoms with van der Waals surface area (Å²) in [4.78, 5) is 14.9. The van der Waals surface area contributed by atoms with E-state index in [1.807, 2.05) is 41.3 Å². The van der Waals surface area contributed by atoms with Crippen molar-refractivity contribution in [3.05, 3.63) is 70.9 Å². The van der Waals surface area contributed by atoms with Crippen molar-refractivity contribution in [2.75, 3.05) is 13.7 Å². The summed E-state index contributed by atoms with van der Waals surface area (Å²) in [7, 11) is 1.64. The molecule has 0 spiro atoms. The maximum atomic E-state index is 13.0. The molecule has 3 aromatic rings. The molecule has 1 fully saturated rings. The van der Waals surface area contributed by atoms with Crippen molar-refractivity contribution in [2.24, 2.45) is 0 Å². The molecule has 1 aliphatic heterocycles. The van der Waals surface area contributed by atoms with Crippen LogP contribution in [0.25, 0.3) is 11.3 Å². The number of halogens is 1. The van der Waals surface area contributed by atoms with Gasteiger partial charge in [0.15, 0.2) is 11.5 Å². The quantitative estimate of drug-likeness (QED) is 0.638. The van der Waals surface area contributed by atoms with E-state index in [0.29, 0.717) is 23.0 Å². The highest BCUT2D eigenvalue weighted by Gasteiger charge is 2.32. The molecule has 0 radical (unpaired) electrons. The fourth-order valence-corrected chi connectivity index (χ4v) is 3.58. The minimum absolute atomic E-state index is 0.0408. The van der Waals surface area contributed by atoms with Crippen LogP contribution in [-0.4, -0.2) is 29.6 Å². The van der Waals surface area contributed by atoms with Crippen LogP contribution in [0.5, 0.6) is 5.75 Å². The van der Waals surface area contributed by atoms with Crippen LogP contribution in [-0.2, 0) is 0 Å². The molecule has 0 aliphatic carbocycles. The first-order valence-electron chi connectivity index (χ1n) is 8.83. The lowest BCUT2D eigenvalue weighted by atomic mass is 10.0. The van der Waals surface area contributed by atoms with Crippen LogP contribution in [0.3, 0.4) is 0 Å². The lowest BCUT2D eigenvalue weighted by molar-refractivity contribution is 0.0725. The average Bonchev–Trinajstić information content (AvgIpc) is 3.38. The van der Waals surface area contributed by atoms with Crippen molar-refractivity contribution >= 4 is 17.5 Å². The lowest BCUT2D eigenvalue weighted by Gasteiger charge is -2.24. The standard InChI is InChI=1S/C21H19ClN2O3/c1-26-17-10-6-14(7-11-17)19-3-2-12-24(19)21(25)18-13-20(27-23-18)15-4-8-16(22)9-5-15/h4-11,13,19H,2-3,12H2,1H3/t19-/m1/s1. The van der Waals surface area contributed by atoms with Gasteiger partial charge in [-0.3, -0.25) is 4.79 Å². The third-order valence-corrected chi connectivity index (χ3v) is 5.12. The summed E-state index contributed by atoms with van der Waals surface area (Å²) in [5.74, 6) is 1.24. The molecule has 0 N–H and O–H groups in total. The SMILES string of the molecule is COc1ccc([C@H]2CCCN2C(=O)c2cc(-c3ccc(Cl)cc3)on2)cc1. The topological polar surface area (TPSA) is 55.6 Å². The van der Waals surface area contributed by atoms with Gasteiger partial charge in [-0.1, -0.05) is 28.9 Å². The third-order valence-electron chi connectivity index (χ3n) is 4.87. The van der Waals surface area contributed by atoms with Gasteiger partial charge in [-0.2, -0.15) is 0 Å². The van der Waals surface area contributed by atoms with Gasteiger partial charge in [0.1, 0.15) is 5.75 Å². The Kier molecular flexibility index (Phi) is 4.86. The first-order chi connectivity index (χ1) is 13.2. The number of carbonyl (C=O) groups is 1. The summed E-state index contributed by atoms with van der Waals surface area (Å²) >= 11 is 5.92. The minimum Gasteiger partial charge on any atom is -0.497 e. The molecule has 1 saturated heterocycles. The number of hydrogen-bond donors (Lipinski definition) is 0. The fourth-order valence-electron chi connectivity index (χ4n) is 3.46. The van der Waals surface area contributed by atoms with E-state index in [2.05, 4.69) is 5.16 Å². The molecule has 1 aliphatic rings. The molecular weight excluding hydrogens is 364 g/mol. The van der Waals surface area contributed by atoms with Crippen LogP contribution in [0.4, 0.5) is 0 Å². The predicted molar refractivity (Wildman–Crippen MR) is 103 cm³/mol. The van der Waals surface area contributed by atoms with Crippen LogP contribution in [0.2, 0.25) is 5.02 Å². The van der Waals surface area contributed by atoms with Gasteiger partial charge in [0, 0.05) is 23.2 Å². The fraction of sp³-hybridized carbons (Fsp3) is 0.238. The monoisotopic (exact) mass is 382 g/mol. The van der Waals surface area contributed by atoms with E-state index < -0.39 is 0 Å². The first-order valence-corrected chi connectivity index (χ1v) is 9.21. The van der Waals surface area contributed by atoms with Crippen molar-refractivity contribution in [1.29, 1.82) is 0 Å². The van der Waals surface area contributed by atoms with E-state index in [4.69, 9.17) is 20.9 Å². The van der Waals surface area contributed by atoms with Crippen molar-refractivity contribution < 1.29 is 14.1 Å². The highest BCUT2D eigenvalue weighted by molar-refractivity contribution is 6.30. The average molecular weight is 383 g/mol. The molecule has 4 rings (SSSR count). The zero-order valence-corrected chi connectivity index (χ0v) is 15.6. The third kappa shape index (κ3) is 3.55. The first kappa shape index (κ1) is 17.6. The van der Waals surface area contributed by atoms with Crippen LogP contribution in [0, 0.1) is 0 Å². The Bertz CT molecular complexity index is 935. The van der Waals surface area contributed by atoms with Crippen molar-refractivity contribution in [3.8, 4) is 17.1 Å². The van der Waals surface area contributed by atoms with Gasteiger partial charge in [-0.25, -0.2) is 0 Å². The Morgan fingerprint density at radius 2 is 1.93 bits per heavy atom. The minimum atomic E-state index is -0.114. The molecule has 138 valence electrons. The molecule has 0 bridgehead atoms. The number of amides is 1. The Labute approximate surface area is 162 Å². The second-order valence-electron chi connectivity index (χ2n) is 6.51. The molecule has 6 heteroatoms. The molecule has 5 nitrogen and oxygen atoms in total. The number of rotatable bonds is 4. The smallest absolute Gasteiger partial charge is 0.276 e. The molecule has 27 heavy (non-hydrogen) atoms. The van der Waals surface area contributed by atoms with E-state index in [9.17, 15) is 4.79 Å². The van der Waals surface area contributed by atoms with E-state index in [-0.39, 0.29) is 11.9 Å². The van der Waals surface area contributed by atoms with Crippen molar-refractivity contribution in [3.63, 3.8) is 0 Å². The van der Waals surface area contributed by atoms with Crippen LogP contribution in [0.1, 0.15) is 34.9 Å². The van der Waals surface area contributed by atoms with Crippen LogP contribution < -0.4 is 4.74 Å². The van der Waals surface area contributed by atoms with Crippen LogP contribution in [0.15, 0.2) is 59.1 Å². The maximum Gasteiger partial charge on any atom is 0.276 e. The summed E-state index contributed by atoms with van der Waals surface area (Å²) in [6.45, 7) is 0.707. The number of benzene rings is 2. The number of carbonyl (C=O) groups excluding carboxylic acids is 1. The largest absolute Gasteiger partial charge is 0.497 e. The number of methoxy groups -OCH3 is 1. The number of likely N-dealkylation sites (tertiary alicyclic amines) is 1. The van der Waals surface area contributed by atoms with E-state index >= 15 is 0 Å². The highest BCUT2D eigenvalue weighted by atomic mass is 35.5. The normalized spacial score (nSPS) is 16.5. The molecular formula is C21H19ClN2O3. The molecule has 1 amide bonds. The zero-order valence-electron chi connectivity index (χ0n) is 14.9. The van der Waals surface area contributed by atoms with Crippen molar-refractivity contribution in [1.82, 2.24) is 10.1 Å². The molecule has 0 unspecified atom stereocenters. The summed E-state index contributed by atoms with van der Waals surface area (Å²) in [5, 5.41) is 4.64. The van der Waals surface area contributed by atoms with Crippen molar-refractivity contribution in [2.45, 2.75) is 18.9 Å². The number of ether oxygens (including phenoxy) is 1. The lowest BCUT2D eigenvalue weighted by Crippen LogP contribution is -2.30. The zero-order chi connectivity index (χ0) is 18.8. The number of aromatic nitrogens is 1. The predicted octanol–water partition coefficient (Wildman–Crippen LogP) is 4.98. The Morgan fingerprint density at radius 1 is 1.19 bits per heavy atom. The van der Waals surface area contributed by atoms with Gasteiger partial charge >= 0.3 is 0 Å². The number of nitrogens with zero attached hydrogens (tertiary/aromatic N) is 2. The molecule has 2 heterocycles. The summed E-state index contributed by atoms with van der Waals surface area (Å²) in [6, 6.07) is 16.8. The number of hydrogen-bond acceptors (Lipinski definition) is 4. The van der Waals surface area contributed by atoms with E-state index in [1.54, 1.807) is 25.3 Å². The van der Waals surface area contributed by atoms with E-state index in [0.717, 1.165) is 29.7 Å². The Hall–Kier alpha value is -2.79. The summed E-state index contributed by atoms with van der Waals surface area (Å²) in [5.41, 5.74) is 2.25. The second-order valence-corrected chi connectivity index (χ2v) is 6.95. The Balaban J connectivity index is 1.55. The van der Waals surface area contributed by atoms with Gasteiger partial charge in [0.2, 0.25) is 0 Å².